The lowest BCUT2D eigenvalue weighted by Crippen LogP contribution is -2.37. The lowest BCUT2D eigenvalue weighted by atomic mass is 9.99. The summed E-state index contributed by atoms with van der Waals surface area (Å²) in [6.07, 6.45) is 19.7. The molecule has 2 unspecified atom stereocenters. The van der Waals surface area contributed by atoms with Crippen LogP contribution in [-0.4, -0.2) is 58.6 Å². The number of quaternary nitrogens is 1. The molecular formula is C28H60NO5P. The minimum Gasteiger partial charge on any atom is -0.756 e. The second kappa shape index (κ2) is 22.1. The molecule has 0 amide bonds. The van der Waals surface area contributed by atoms with Gasteiger partial charge in [0.1, 0.15) is 13.2 Å². The van der Waals surface area contributed by atoms with Crippen molar-refractivity contribution in [3.8, 4) is 0 Å². The monoisotopic (exact) mass is 521 g/mol. The fraction of sp³-hybridized carbons (Fsp3) is 1.00. The van der Waals surface area contributed by atoms with Gasteiger partial charge in [0.15, 0.2) is 0 Å². The lowest BCUT2D eigenvalue weighted by molar-refractivity contribution is -0.870. The van der Waals surface area contributed by atoms with Gasteiger partial charge in [-0.05, 0) is 18.8 Å². The Balaban J connectivity index is 3.76. The summed E-state index contributed by atoms with van der Waals surface area (Å²) in [5.74, 6) is 0.518. The first-order valence-corrected chi connectivity index (χ1v) is 16.0. The van der Waals surface area contributed by atoms with E-state index < -0.39 is 7.82 Å². The molecule has 0 saturated carbocycles. The molecule has 7 heteroatoms. The fourth-order valence-electron chi connectivity index (χ4n) is 4.16. The zero-order chi connectivity index (χ0) is 26.4. The summed E-state index contributed by atoms with van der Waals surface area (Å²) in [6, 6.07) is 0. The van der Waals surface area contributed by atoms with Crippen LogP contribution in [0, 0.1) is 11.8 Å². The third kappa shape index (κ3) is 26.9. The molecular weight excluding hydrogens is 461 g/mol. The first kappa shape index (κ1) is 35.0. The predicted octanol–water partition coefficient (Wildman–Crippen LogP) is 7.35. The van der Waals surface area contributed by atoms with Gasteiger partial charge < -0.3 is 23.2 Å². The normalized spacial score (nSPS) is 15.0. The second-order valence-electron chi connectivity index (χ2n) is 11.8. The smallest absolute Gasteiger partial charge is 0.268 e. The number of phosphoric acid groups is 1. The van der Waals surface area contributed by atoms with Gasteiger partial charge in [0.05, 0.1) is 34.4 Å². The molecule has 0 fully saturated rings. The van der Waals surface area contributed by atoms with E-state index in [1.165, 1.54) is 83.5 Å². The molecule has 0 rings (SSSR count). The maximum Gasteiger partial charge on any atom is 0.268 e. The van der Waals surface area contributed by atoms with Gasteiger partial charge >= 0.3 is 0 Å². The van der Waals surface area contributed by atoms with Crippen molar-refractivity contribution in [2.45, 2.75) is 117 Å². The summed E-state index contributed by atoms with van der Waals surface area (Å²) in [5.41, 5.74) is 0. The van der Waals surface area contributed by atoms with Crippen LogP contribution >= 0.6 is 7.82 Å². The van der Waals surface area contributed by atoms with Crippen LogP contribution in [0.4, 0.5) is 0 Å². The van der Waals surface area contributed by atoms with Gasteiger partial charge in [-0.15, -0.1) is 0 Å². The molecule has 0 aromatic rings. The first-order valence-electron chi connectivity index (χ1n) is 14.5. The van der Waals surface area contributed by atoms with Crippen LogP contribution in [0.15, 0.2) is 0 Å². The third-order valence-electron chi connectivity index (χ3n) is 6.28. The second-order valence-corrected chi connectivity index (χ2v) is 13.2. The first-order chi connectivity index (χ1) is 16.6. The van der Waals surface area contributed by atoms with Crippen molar-refractivity contribution in [1.29, 1.82) is 0 Å². The number of hydrogen-bond donors (Lipinski definition) is 0. The van der Waals surface area contributed by atoms with Crippen molar-refractivity contribution in [1.82, 2.24) is 0 Å². The van der Waals surface area contributed by atoms with Crippen molar-refractivity contribution in [2.24, 2.45) is 11.8 Å². The van der Waals surface area contributed by atoms with E-state index in [0.717, 1.165) is 19.4 Å². The van der Waals surface area contributed by atoms with Crippen LogP contribution in [0.25, 0.3) is 0 Å². The zero-order valence-corrected chi connectivity index (χ0v) is 25.1. The highest BCUT2D eigenvalue weighted by Crippen LogP contribution is 2.39. The molecule has 0 aliphatic rings. The highest BCUT2D eigenvalue weighted by Gasteiger charge is 2.18. The number of hydrogen-bond acceptors (Lipinski definition) is 5. The molecule has 0 spiro atoms. The van der Waals surface area contributed by atoms with Crippen molar-refractivity contribution in [2.75, 3.05) is 54.1 Å². The highest BCUT2D eigenvalue weighted by atomic mass is 31.2. The minimum absolute atomic E-state index is 0.0610. The average Bonchev–Trinajstić information content (AvgIpc) is 2.75. The number of phosphoric ester groups is 1. The van der Waals surface area contributed by atoms with Crippen LogP contribution in [0.1, 0.15) is 117 Å². The largest absolute Gasteiger partial charge is 0.756 e. The van der Waals surface area contributed by atoms with Gasteiger partial charge in [-0.2, -0.15) is 0 Å². The Hall–Kier alpha value is 0.0300. The van der Waals surface area contributed by atoms with Crippen LogP contribution in [0.3, 0.4) is 0 Å². The molecule has 0 aromatic heterocycles. The molecule has 0 N–H and O–H groups in total. The topological polar surface area (TPSA) is 67.8 Å². The Morgan fingerprint density at radius 3 is 1.66 bits per heavy atom. The SMILES string of the molecule is CCCCCCCCCCCCCCCCOCC(COP(=O)([O-])OCC[N+](C)(C)C)CC(C)C. The van der Waals surface area contributed by atoms with E-state index in [0.29, 0.717) is 23.6 Å². The number of nitrogens with zero attached hydrogens (tertiary/aromatic N) is 1. The fourth-order valence-corrected chi connectivity index (χ4v) is 4.93. The van der Waals surface area contributed by atoms with Gasteiger partial charge in [-0.25, -0.2) is 0 Å². The Morgan fingerprint density at radius 2 is 1.20 bits per heavy atom. The van der Waals surface area contributed by atoms with E-state index in [9.17, 15) is 9.46 Å². The Labute approximate surface area is 218 Å². The van der Waals surface area contributed by atoms with Crippen molar-refractivity contribution < 1.29 is 27.7 Å². The van der Waals surface area contributed by atoms with E-state index >= 15 is 0 Å². The minimum atomic E-state index is -4.27. The van der Waals surface area contributed by atoms with E-state index in [2.05, 4.69) is 20.8 Å². The summed E-state index contributed by atoms with van der Waals surface area (Å²) in [7, 11) is 1.71. The number of likely N-dealkylation sites (N-methyl/N-ethyl adjacent to an activating group) is 1. The van der Waals surface area contributed by atoms with Gasteiger partial charge in [0.25, 0.3) is 7.82 Å². The quantitative estimate of drug-likeness (QED) is 0.0676. The standard InChI is InChI=1S/C28H60NO5P/c1-7-8-9-10-11-12-13-14-15-16-17-18-19-20-22-32-25-28(24-27(2)3)26-34-35(30,31)33-23-21-29(4,5)6/h27-28H,7-26H2,1-6H3. The molecule has 0 aliphatic heterocycles. The van der Waals surface area contributed by atoms with Crippen LogP contribution in [0.5, 0.6) is 0 Å². The molecule has 212 valence electrons. The van der Waals surface area contributed by atoms with E-state index in [1.807, 2.05) is 21.1 Å². The van der Waals surface area contributed by atoms with Crippen LogP contribution < -0.4 is 4.89 Å². The van der Waals surface area contributed by atoms with Crippen LogP contribution in [0.2, 0.25) is 0 Å². The molecule has 0 bridgehead atoms. The molecule has 0 heterocycles. The highest BCUT2D eigenvalue weighted by molar-refractivity contribution is 7.45. The summed E-state index contributed by atoms with van der Waals surface area (Å²) >= 11 is 0. The maximum atomic E-state index is 12.1. The third-order valence-corrected chi connectivity index (χ3v) is 7.24. The van der Waals surface area contributed by atoms with E-state index in [-0.39, 0.29) is 19.1 Å². The van der Waals surface area contributed by atoms with Crippen molar-refractivity contribution >= 4 is 7.82 Å². The molecule has 0 radical (unpaired) electrons. The average molecular weight is 522 g/mol. The van der Waals surface area contributed by atoms with Gasteiger partial charge in [0.2, 0.25) is 0 Å². The Kier molecular flexibility index (Phi) is 22.1. The Bertz CT molecular complexity index is 510. The van der Waals surface area contributed by atoms with Gasteiger partial charge in [-0.1, -0.05) is 104 Å². The summed E-state index contributed by atoms with van der Waals surface area (Å²) in [5, 5.41) is 0. The lowest BCUT2D eigenvalue weighted by Gasteiger charge is -2.28. The molecule has 0 aromatic carbocycles. The molecule has 0 aliphatic carbocycles. The van der Waals surface area contributed by atoms with E-state index in [1.54, 1.807) is 0 Å². The van der Waals surface area contributed by atoms with E-state index in [4.69, 9.17) is 13.8 Å². The summed E-state index contributed by atoms with van der Waals surface area (Å²) < 4.78 is 28.8. The number of rotatable bonds is 26. The molecule has 2 atom stereocenters. The van der Waals surface area contributed by atoms with Crippen LogP contribution in [-0.2, 0) is 18.3 Å². The van der Waals surface area contributed by atoms with Gasteiger partial charge in [0, 0.05) is 12.5 Å². The van der Waals surface area contributed by atoms with Gasteiger partial charge in [-0.3, -0.25) is 4.57 Å². The number of ether oxygens (including phenoxy) is 1. The maximum absolute atomic E-state index is 12.1. The molecule has 35 heavy (non-hydrogen) atoms. The van der Waals surface area contributed by atoms with Crippen molar-refractivity contribution in [3.63, 3.8) is 0 Å². The summed E-state index contributed by atoms with van der Waals surface area (Å²) in [4.78, 5) is 12.1. The molecule has 0 saturated heterocycles. The van der Waals surface area contributed by atoms with Crippen molar-refractivity contribution in [3.05, 3.63) is 0 Å². The summed E-state index contributed by atoms with van der Waals surface area (Å²) in [6.45, 7) is 8.68. The molecule has 6 nitrogen and oxygen atoms in total. The Morgan fingerprint density at radius 1 is 0.714 bits per heavy atom. The number of unbranched alkanes of at least 4 members (excludes halogenated alkanes) is 13. The zero-order valence-electron chi connectivity index (χ0n) is 24.2. The predicted molar refractivity (Wildman–Crippen MR) is 146 cm³/mol.